The van der Waals surface area contributed by atoms with Crippen molar-refractivity contribution < 1.29 is 14.6 Å². The van der Waals surface area contributed by atoms with Crippen LogP contribution in [0.2, 0.25) is 0 Å². The van der Waals surface area contributed by atoms with E-state index in [1.165, 1.54) is 0 Å². The molecule has 0 bridgehead atoms. The fourth-order valence-corrected chi connectivity index (χ4v) is 2.50. The molecular weight excluding hydrogens is 213 g/mol. The molecule has 82 valence electrons. The molecule has 4 N–H and O–H groups in total. The van der Waals surface area contributed by atoms with Gasteiger partial charge in [-0.15, -0.1) is 12.4 Å². The van der Waals surface area contributed by atoms with Crippen molar-refractivity contribution in [3.05, 3.63) is 0 Å². The average molecular weight is 232 g/mol. The molecule has 0 rings (SSSR count). The largest absolute Gasteiger partial charge is 0.383 e. The van der Waals surface area contributed by atoms with Crippen molar-refractivity contribution in [1.29, 1.82) is 0 Å². The molecule has 0 amide bonds. The minimum atomic E-state index is -3.34. The predicted octanol–water partition coefficient (Wildman–Crippen LogP) is 1.15. The lowest BCUT2D eigenvalue weighted by molar-refractivity contribution is 0.222. The maximum absolute atomic E-state index is 11.3. The van der Waals surface area contributed by atoms with Crippen LogP contribution in [0.15, 0.2) is 0 Å². The van der Waals surface area contributed by atoms with Crippen LogP contribution in [-0.2, 0) is 4.57 Å². The van der Waals surface area contributed by atoms with Crippen molar-refractivity contribution in [2.45, 2.75) is 32.0 Å². The van der Waals surface area contributed by atoms with Gasteiger partial charge in [0.1, 0.15) is 5.85 Å². The van der Waals surface area contributed by atoms with Crippen LogP contribution in [0.3, 0.4) is 0 Å². The highest BCUT2D eigenvalue weighted by atomic mass is 35.5. The van der Waals surface area contributed by atoms with Crippen LogP contribution < -0.4 is 5.73 Å². The van der Waals surface area contributed by atoms with Crippen molar-refractivity contribution in [2.75, 3.05) is 12.7 Å². The number of nitrogens with two attached hydrogens (primary N) is 1. The molecule has 4 nitrogen and oxygen atoms in total. The molecule has 0 saturated carbocycles. The van der Waals surface area contributed by atoms with E-state index in [2.05, 4.69) is 0 Å². The maximum Gasteiger partial charge on any atom is 0.228 e. The third kappa shape index (κ3) is 6.47. The molecule has 0 aromatic heterocycles. The highest BCUT2D eigenvalue weighted by molar-refractivity contribution is 7.58. The molecule has 0 fully saturated rings. The van der Waals surface area contributed by atoms with Crippen molar-refractivity contribution in [3.63, 3.8) is 0 Å². The molecule has 13 heavy (non-hydrogen) atoms. The third-order valence-electron chi connectivity index (χ3n) is 1.72. The summed E-state index contributed by atoms with van der Waals surface area (Å²) in [6.45, 7) is 2.19. The number of halogens is 1. The number of aliphatic hydroxyl groups is 1. The molecule has 0 aromatic rings. The Hall–Kier alpha value is 0.400. The molecule has 0 heterocycles. The number of unbranched alkanes of at least 4 members (excludes halogenated alkanes) is 1. The number of hydrogen-bond donors (Lipinski definition) is 3. The second kappa shape index (κ2) is 7.77. The summed E-state index contributed by atoms with van der Waals surface area (Å²) in [5.41, 5.74) is 5.16. The van der Waals surface area contributed by atoms with E-state index < -0.39 is 13.2 Å². The van der Waals surface area contributed by atoms with Gasteiger partial charge in [0.05, 0.1) is 0 Å². The number of hydrogen-bond acceptors (Lipinski definition) is 3. The molecule has 0 aliphatic heterocycles. The molecular formula is C7H19ClNO3P. The van der Waals surface area contributed by atoms with Gasteiger partial charge in [0.15, 0.2) is 0 Å². The van der Waals surface area contributed by atoms with E-state index in [0.29, 0.717) is 6.42 Å². The molecule has 6 heteroatoms. The van der Waals surface area contributed by atoms with Crippen LogP contribution in [-0.4, -0.2) is 28.6 Å². The summed E-state index contributed by atoms with van der Waals surface area (Å²) in [6.07, 6.45) is 1.94. The zero-order valence-electron chi connectivity index (χ0n) is 7.85. The summed E-state index contributed by atoms with van der Waals surface area (Å²) in [4.78, 5) is 9.30. The van der Waals surface area contributed by atoms with Crippen molar-refractivity contribution >= 4 is 19.8 Å². The van der Waals surface area contributed by atoms with Crippen LogP contribution in [0.1, 0.15) is 26.2 Å². The Balaban J connectivity index is 0. The van der Waals surface area contributed by atoms with E-state index in [1.807, 2.05) is 6.92 Å². The number of rotatable bonds is 6. The Morgan fingerprint density at radius 3 is 2.46 bits per heavy atom. The van der Waals surface area contributed by atoms with Gasteiger partial charge in [0.2, 0.25) is 7.37 Å². The minimum Gasteiger partial charge on any atom is -0.383 e. The summed E-state index contributed by atoms with van der Waals surface area (Å²) >= 11 is 0. The molecule has 2 unspecified atom stereocenters. The van der Waals surface area contributed by atoms with Gasteiger partial charge in [-0.1, -0.05) is 13.3 Å². The first-order valence-electron chi connectivity index (χ1n) is 4.24. The number of aliphatic hydroxyl groups excluding tert-OH is 1. The summed E-state index contributed by atoms with van der Waals surface area (Å²) in [5, 5.41) is 9.21. The highest BCUT2D eigenvalue weighted by Crippen LogP contribution is 2.46. The SMILES string of the molecule is CCCCP(=O)(O)C(O)CCN.Cl. The minimum absolute atomic E-state index is 0. The van der Waals surface area contributed by atoms with E-state index in [9.17, 15) is 14.6 Å². The van der Waals surface area contributed by atoms with Crippen LogP contribution in [0.5, 0.6) is 0 Å². The lowest BCUT2D eigenvalue weighted by Crippen LogP contribution is -2.15. The van der Waals surface area contributed by atoms with Crippen LogP contribution in [0.4, 0.5) is 0 Å². The Morgan fingerprint density at radius 1 is 1.54 bits per heavy atom. The first kappa shape index (κ1) is 15.9. The lowest BCUT2D eigenvalue weighted by atomic mass is 10.4. The molecule has 0 aromatic carbocycles. The van der Waals surface area contributed by atoms with Crippen LogP contribution >= 0.6 is 19.8 Å². The Labute approximate surface area is 85.4 Å². The first-order valence-corrected chi connectivity index (χ1v) is 6.15. The van der Waals surface area contributed by atoms with Gasteiger partial charge in [0.25, 0.3) is 0 Å². The Morgan fingerprint density at radius 2 is 2.08 bits per heavy atom. The van der Waals surface area contributed by atoms with E-state index in [0.717, 1.165) is 6.42 Å². The smallest absolute Gasteiger partial charge is 0.228 e. The van der Waals surface area contributed by atoms with E-state index in [1.54, 1.807) is 0 Å². The maximum atomic E-state index is 11.3. The zero-order chi connectivity index (χ0) is 9.61. The Bertz CT molecular complexity index is 168. The molecule has 0 aliphatic rings. The van der Waals surface area contributed by atoms with Gasteiger partial charge in [-0.05, 0) is 19.4 Å². The fourth-order valence-electron chi connectivity index (χ4n) is 0.884. The monoisotopic (exact) mass is 231 g/mol. The molecule has 0 spiro atoms. The van der Waals surface area contributed by atoms with E-state index in [-0.39, 0.29) is 31.5 Å². The molecule has 0 aliphatic carbocycles. The third-order valence-corrected chi connectivity index (χ3v) is 3.87. The van der Waals surface area contributed by atoms with E-state index in [4.69, 9.17) is 5.73 Å². The summed E-state index contributed by atoms with van der Waals surface area (Å²) in [6, 6.07) is 0. The van der Waals surface area contributed by atoms with Crippen LogP contribution in [0.25, 0.3) is 0 Å². The molecule has 0 radical (unpaired) electrons. The van der Waals surface area contributed by atoms with Crippen LogP contribution in [0, 0.1) is 0 Å². The molecule has 0 saturated heterocycles. The van der Waals surface area contributed by atoms with Gasteiger partial charge in [-0.25, -0.2) is 0 Å². The highest BCUT2D eigenvalue weighted by Gasteiger charge is 2.26. The fraction of sp³-hybridized carbons (Fsp3) is 1.00. The topological polar surface area (TPSA) is 83.5 Å². The summed E-state index contributed by atoms with van der Waals surface area (Å²) < 4.78 is 11.3. The van der Waals surface area contributed by atoms with Crippen molar-refractivity contribution in [1.82, 2.24) is 0 Å². The van der Waals surface area contributed by atoms with Gasteiger partial charge in [-0.3, -0.25) is 4.57 Å². The second-order valence-corrected chi connectivity index (χ2v) is 5.45. The standard InChI is InChI=1S/C7H18NO3P.ClH/c1-2-3-6-12(10,11)7(9)4-5-8;/h7,9H,2-6,8H2,1H3,(H,10,11);1H. The van der Waals surface area contributed by atoms with Gasteiger partial charge in [-0.2, -0.15) is 0 Å². The zero-order valence-corrected chi connectivity index (χ0v) is 9.56. The average Bonchev–Trinajstić information content (AvgIpc) is 2.01. The molecule has 2 atom stereocenters. The lowest BCUT2D eigenvalue weighted by Gasteiger charge is -2.16. The summed E-state index contributed by atoms with van der Waals surface area (Å²) in [5.74, 6) is -1.13. The van der Waals surface area contributed by atoms with E-state index >= 15 is 0 Å². The first-order chi connectivity index (χ1) is 5.54. The predicted molar refractivity (Wildman–Crippen MR) is 56.5 cm³/mol. The van der Waals surface area contributed by atoms with Crippen molar-refractivity contribution in [3.8, 4) is 0 Å². The van der Waals surface area contributed by atoms with Crippen molar-refractivity contribution in [2.24, 2.45) is 5.73 Å². The quantitative estimate of drug-likeness (QED) is 0.599. The van der Waals surface area contributed by atoms with Gasteiger partial charge >= 0.3 is 0 Å². The van der Waals surface area contributed by atoms with Gasteiger partial charge in [0, 0.05) is 6.16 Å². The normalized spacial score (nSPS) is 17.2. The summed E-state index contributed by atoms with van der Waals surface area (Å²) in [7, 11) is -3.34. The van der Waals surface area contributed by atoms with Gasteiger partial charge < -0.3 is 15.7 Å². The second-order valence-electron chi connectivity index (χ2n) is 2.89. The Kier molecular flexibility index (Phi) is 9.48.